The topological polar surface area (TPSA) is 41.9 Å². The predicted octanol–water partition coefficient (Wildman–Crippen LogP) is 1.13. The molecule has 0 aromatic heterocycles. The van der Waals surface area contributed by atoms with Crippen LogP contribution in [0.2, 0.25) is 13.1 Å². The maximum Gasteiger partial charge on any atom is 0.161 e. The standard InChI is InChI=1S/C17H31NO3Si2/c1-17(2,16(20-22-3)21-23-4)14-11-18(12-15(14)19)10-13-8-6-5-7-9-13/h5-9,14-16,19H,10-12,22-23H2,1-4H3/t14-,15+/m0/s1. The summed E-state index contributed by atoms with van der Waals surface area (Å²) in [5, 5.41) is 10.6. The molecule has 1 aliphatic heterocycles. The lowest BCUT2D eigenvalue weighted by Gasteiger charge is -2.40. The molecular weight excluding hydrogens is 322 g/mol. The molecule has 0 bridgehead atoms. The van der Waals surface area contributed by atoms with E-state index in [4.69, 9.17) is 8.85 Å². The van der Waals surface area contributed by atoms with Crippen molar-refractivity contribution in [1.29, 1.82) is 0 Å². The predicted molar refractivity (Wildman–Crippen MR) is 99.8 cm³/mol. The van der Waals surface area contributed by atoms with E-state index in [2.05, 4.69) is 56.1 Å². The van der Waals surface area contributed by atoms with Crippen LogP contribution in [-0.2, 0) is 15.4 Å². The Kier molecular flexibility index (Phi) is 7.00. The molecular formula is C17H31NO3Si2. The minimum absolute atomic E-state index is 0.160. The van der Waals surface area contributed by atoms with Gasteiger partial charge in [0.15, 0.2) is 19.5 Å². The van der Waals surface area contributed by atoms with Crippen LogP contribution in [0.1, 0.15) is 19.4 Å². The third kappa shape index (κ3) is 4.74. The van der Waals surface area contributed by atoms with Crippen LogP contribution in [-0.4, -0.2) is 55.0 Å². The fourth-order valence-electron chi connectivity index (χ4n) is 3.52. The van der Waals surface area contributed by atoms with Crippen LogP contribution in [0.3, 0.4) is 0 Å². The molecule has 1 saturated heterocycles. The Labute approximate surface area is 145 Å². The van der Waals surface area contributed by atoms with Gasteiger partial charge in [-0.05, 0) is 5.56 Å². The molecule has 23 heavy (non-hydrogen) atoms. The Bertz CT molecular complexity index is 466. The molecule has 0 saturated carbocycles. The van der Waals surface area contributed by atoms with E-state index in [9.17, 15) is 5.11 Å². The second-order valence-corrected chi connectivity index (χ2v) is 8.74. The maximum atomic E-state index is 10.6. The summed E-state index contributed by atoms with van der Waals surface area (Å²) < 4.78 is 12.0. The molecule has 0 radical (unpaired) electrons. The highest BCUT2D eigenvalue weighted by Gasteiger charge is 2.46. The lowest BCUT2D eigenvalue weighted by molar-refractivity contribution is -0.118. The Morgan fingerprint density at radius 3 is 2.35 bits per heavy atom. The third-order valence-corrected chi connectivity index (χ3v) is 6.09. The second-order valence-electron chi connectivity index (χ2n) is 6.92. The van der Waals surface area contributed by atoms with E-state index in [1.807, 2.05) is 6.07 Å². The molecule has 6 heteroatoms. The van der Waals surface area contributed by atoms with Gasteiger partial charge < -0.3 is 14.0 Å². The van der Waals surface area contributed by atoms with Gasteiger partial charge in [-0.1, -0.05) is 57.3 Å². The van der Waals surface area contributed by atoms with E-state index >= 15 is 0 Å². The van der Waals surface area contributed by atoms with Crippen LogP contribution in [0.25, 0.3) is 0 Å². The van der Waals surface area contributed by atoms with Crippen molar-refractivity contribution in [3.8, 4) is 0 Å². The van der Waals surface area contributed by atoms with Crippen LogP contribution >= 0.6 is 0 Å². The number of hydrogen-bond acceptors (Lipinski definition) is 4. The largest absolute Gasteiger partial charge is 0.400 e. The van der Waals surface area contributed by atoms with Crippen molar-refractivity contribution in [2.24, 2.45) is 11.3 Å². The lowest BCUT2D eigenvalue weighted by Crippen LogP contribution is -2.45. The highest BCUT2D eigenvalue weighted by molar-refractivity contribution is 6.26. The van der Waals surface area contributed by atoms with Crippen LogP contribution in [0.15, 0.2) is 30.3 Å². The summed E-state index contributed by atoms with van der Waals surface area (Å²) in [6.45, 7) is 11.2. The first-order chi connectivity index (χ1) is 11.0. The average molecular weight is 354 g/mol. The highest BCUT2D eigenvalue weighted by Crippen LogP contribution is 2.39. The summed E-state index contributed by atoms with van der Waals surface area (Å²) >= 11 is 0. The summed E-state index contributed by atoms with van der Waals surface area (Å²) in [5.41, 5.74) is 1.13. The molecule has 0 aliphatic carbocycles. The first-order valence-electron chi connectivity index (χ1n) is 8.66. The molecule has 1 aromatic carbocycles. The number of aliphatic hydroxyl groups excluding tert-OH is 1. The van der Waals surface area contributed by atoms with E-state index in [1.54, 1.807) is 0 Å². The summed E-state index contributed by atoms with van der Waals surface area (Å²) in [5.74, 6) is 0.178. The first-order valence-corrected chi connectivity index (χ1v) is 12.6. The zero-order chi connectivity index (χ0) is 16.9. The smallest absolute Gasteiger partial charge is 0.161 e. The zero-order valence-corrected chi connectivity index (χ0v) is 17.7. The molecule has 1 N–H and O–H groups in total. The molecule has 1 aromatic rings. The minimum atomic E-state index is -0.535. The average Bonchev–Trinajstić information content (AvgIpc) is 2.89. The van der Waals surface area contributed by atoms with Gasteiger partial charge in [0.25, 0.3) is 0 Å². The number of β-amino-alcohol motifs (C(OH)–C–C–N with tert-alkyl or cyclic N) is 1. The number of likely N-dealkylation sites (tertiary alicyclic amines) is 1. The minimum Gasteiger partial charge on any atom is -0.400 e. The zero-order valence-electron chi connectivity index (χ0n) is 14.9. The molecule has 1 fully saturated rings. The number of aliphatic hydroxyl groups is 1. The van der Waals surface area contributed by atoms with E-state index < -0.39 is 19.5 Å². The monoisotopic (exact) mass is 353 g/mol. The molecule has 0 spiro atoms. The van der Waals surface area contributed by atoms with Crippen molar-refractivity contribution in [2.45, 2.75) is 45.9 Å². The van der Waals surface area contributed by atoms with Gasteiger partial charge in [-0.15, -0.1) is 0 Å². The van der Waals surface area contributed by atoms with Crippen molar-refractivity contribution < 1.29 is 14.0 Å². The number of rotatable bonds is 8. The van der Waals surface area contributed by atoms with Gasteiger partial charge in [0.1, 0.15) is 6.29 Å². The Hall–Kier alpha value is -0.506. The fourth-order valence-corrected chi connectivity index (χ4v) is 5.37. The number of benzene rings is 1. The van der Waals surface area contributed by atoms with Crippen LogP contribution in [0.4, 0.5) is 0 Å². The van der Waals surface area contributed by atoms with Crippen molar-refractivity contribution >= 4 is 19.5 Å². The van der Waals surface area contributed by atoms with Gasteiger partial charge in [-0.2, -0.15) is 0 Å². The molecule has 0 amide bonds. The quantitative estimate of drug-likeness (QED) is 0.562. The van der Waals surface area contributed by atoms with Gasteiger partial charge in [-0.3, -0.25) is 4.90 Å². The second kappa shape index (κ2) is 8.55. The summed E-state index contributed by atoms with van der Waals surface area (Å²) in [4.78, 5) is 2.34. The molecule has 1 heterocycles. The Morgan fingerprint density at radius 1 is 1.17 bits per heavy atom. The molecule has 130 valence electrons. The first kappa shape index (κ1) is 18.8. The van der Waals surface area contributed by atoms with Crippen LogP contribution < -0.4 is 0 Å². The van der Waals surface area contributed by atoms with Crippen LogP contribution in [0, 0.1) is 11.3 Å². The Balaban J connectivity index is 2.04. The van der Waals surface area contributed by atoms with Crippen molar-refractivity contribution in [1.82, 2.24) is 4.90 Å². The molecule has 2 rings (SSSR count). The number of nitrogens with zero attached hydrogens (tertiary/aromatic N) is 1. The Morgan fingerprint density at radius 2 is 1.78 bits per heavy atom. The van der Waals surface area contributed by atoms with Crippen LogP contribution in [0.5, 0.6) is 0 Å². The van der Waals surface area contributed by atoms with Gasteiger partial charge >= 0.3 is 0 Å². The van der Waals surface area contributed by atoms with Gasteiger partial charge in [0, 0.05) is 31.0 Å². The lowest BCUT2D eigenvalue weighted by atomic mass is 9.76. The van der Waals surface area contributed by atoms with E-state index in [1.165, 1.54) is 5.56 Å². The summed E-state index contributed by atoms with van der Waals surface area (Å²) in [7, 11) is -1.07. The SMILES string of the molecule is C[SiH2]OC(O[SiH2]C)C(C)(C)[C@H]1CN(Cc2ccccc2)C[C@H]1O. The van der Waals surface area contributed by atoms with Crippen molar-refractivity contribution in [2.75, 3.05) is 13.1 Å². The maximum absolute atomic E-state index is 10.6. The normalized spacial score (nSPS) is 25.1. The van der Waals surface area contributed by atoms with E-state index in [0.29, 0.717) is 0 Å². The van der Waals surface area contributed by atoms with Crippen molar-refractivity contribution in [3.63, 3.8) is 0 Å². The van der Waals surface area contributed by atoms with Gasteiger partial charge in [0.2, 0.25) is 0 Å². The fraction of sp³-hybridized carbons (Fsp3) is 0.647. The third-order valence-electron chi connectivity index (χ3n) is 4.81. The van der Waals surface area contributed by atoms with E-state index in [0.717, 1.165) is 19.6 Å². The molecule has 1 aliphatic rings. The van der Waals surface area contributed by atoms with Gasteiger partial charge in [0.05, 0.1) is 6.10 Å². The highest BCUT2D eigenvalue weighted by atomic mass is 28.2. The number of hydrogen-bond donors (Lipinski definition) is 1. The summed E-state index contributed by atoms with van der Waals surface area (Å²) in [6.07, 6.45) is -0.479. The molecule has 0 unspecified atom stereocenters. The van der Waals surface area contributed by atoms with Gasteiger partial charge in [-0.25, -0.2) is 0 Å². The van der Waals surface area contributed by atoms with E-state index in [-0.39, 0.29) is 23.7 Å². The summed E-state index contributed by atoms with van der Waals surface area (Å²) in [6, 6.07) is 10.5. The molecule has 4 nitrogen and oxygen atoms in total. The molecule has 2 atom stereocenters. The van der Waals surface area contributed by atoms with Crippen molar-refractivity contribution in [3.05, 3.63) is 35.9 Å².